The van der Waals surface area contributed by atoms with Crippen molar-refractivity contribution in [3.05, 3.63) is 65.7 Å². The first-order chi connectivity index (χ1) is 10.7. The summed E-state index contributed by atoms with van der Waals surface area (Å²) in [6.45, 7) is 2.88. The average molecular weight is 297 g/mol. The fourth-order valence-electron chi connectivity index (χ4n) is 2.37. The summed E-state index contributed by atoms with van der Waals surface area (Å²) in [6, 6.07) is 18.0. The molecule has 0 aliphatic rings. The Labute approximate surface area is 132 Å². The lowest BCUT2D eigenvalue weighted by molar-refractivity contribution is -0.120. The van der Waals surface area contributed by atoms with Crippen LogP contribution in [0.1, 0.15) is 30.4 Å². The van der Waals surface area contributed by atoms with E-state index in [2.05, 4.69) is 24.4 Å². The molecule has 0 aliphatic carbocycles. The zero-order valence-electron chi connectivity index (χ0n) is 13.2. The summed E-state index contributed by atoms with van der Waals surface area (Å²) in [7, 11) is 1.63. The number of rotatable bonds is 7. The van der Waals surface area contributed by atoms with E-state index in [9.17, 15) is 4.79 Å². The standard InChI is InChI=1S/C19H23NO2/c1-15(17-6-4-3-5-7-17)12-13-20-19(21)14-16-8-10-18(22-2)11-9-16/h3-11,15H,12-14H2,1-2H3,(H,20,21). The van der Waals surface area contributed by atoms with Crippen molar-refractivity contribution in [2.24, 2.45) is 0 Å². The molecule has 0 saturated carbocycles. The number of hydrogen-bond donors (Lipinski definition) is 1. The number of benzene rings is 2. The summed E-state index contributed by atoms with van der Waals surface area (Å²) in [4.78, 5) is 11.9. The molecule has 116 valence electrons. The fourth-order valence-corrected chi connectivity index (χ4v) is 2.37. The zero-order chi connectivity index (χ0) is 15.8. The van der Waals surface area contributed by atoms with Crippen molar-refractivity contribution in [2.75, 3.05) is 13.7 Å². The van der Waals surface area contributed by atoms with Crippen molar-refractivity contribution in [3.8, 4) is 5.75 Å². The van der Waals surface area contributed by atoms with Gasteiger partial charge in [0.1, 0.15) is 5.75 Å². The van der Waals surface area contributed by atoms with Crippen LogP contribution in [-0.2, 0) is 11.2 Å². The van der Waals surface area contributed by atoms with Crippen LogP contribution in [0.3, 0.4) is 0 Å². The van der Waals surface area contributed by atoms with Crippen molar-refractivity contribution in [2.45, 2.75) is 25.7 Å². The largest absolute Gasteiger partial charge is 0.497 e. The molecule has 0 aromatic heterocycles. The van der Waals surface area contributed by atoms with Crippen LogP contribution in [0.15, 0.2) is 54.6 Å². The maximum Gasteiger partial charge on any atom is 0.224 e. The second kappa shape index (κ2) is 8.23. The predicted octanol–water partition coefficient (Wildman–Crippen LogP) is 3.55. The highest BCUT2D eigenvalue weighted by molar-refractivity contribution is 5.78. The normalized spacial score (nSPS) is 11.7. The highest BCUT2D eigenvalue weighted by atomic mass is 16.5. The van der Waals surface area contributed by atoms with Gasteiger partial charge < -0.3 is 10.1 Å². The highest BCUT2D eigenvalue weighted by Gasteiger charge is 2.07. The van der Waals surface area contributed by atoms with E-state index >= 15 is 0 Å². The van der Waals surface area contributed by atoms with Crippen molar-refractivity contribution in [1.82, 2.24) is 5.32 Å². The minimum atomic E-state index is 0.0606. The zero-order valence-corrected chi connectivity index (χ0v) is 13.2. The van der Waals surface area contributed by atoms with Crippen LogP contribution in [0.25, 0.3) is 0 Å². The van der Waals surface area contributed by atoms with E-state index < -0.39 is 0 Å². The van der Waals surface area contributed by atoms with Crippen LogP contribution in [0, 0.1) is 0 Å². The third-order valence-electron chi connectivity index (χ3n) is 3.79. The lowest BCUT2D eigenvalue weighted by atomic mass is 9.98. The van der Waals surface area contributed by atoms with Gasteiger partial charge in [0.15, 0.2) is 0 Å². The SMILES string of the molecule is COc1ccc(CC(=O)NCCC(C)c2ccccc2)cc1. The van der Waals surface area contributed by atoms with Crippen LogP contribution in [0.4, 0.5) is 0 Å². The monoisotopic (exact) mass is 297 g/mol. The second-order valence-electron chi connectivity index (χ2n) is 5.48. The van der Waals surface area contributed by atoms with Crippen LogP contribution >= 0.6 is 0 Å². The fraction of sp³-hybridized carbons (Fsp3) is 0.316. The molecule has 0 fully saturated rings. The number of carbonyl (C=O) groups excluding carboxylic acids is 1. The lowest BCUT2D eigenvalue weighted by Crippen LogP contribution is -2.26. The van der Waals surface area contributed by atoms with Gasteiger partial charge in [0, 0.05) is 6.54 Å². The summed E-state index contributed by atoms with van der Waals surface area (Å²) in [5, 5.41) is 2.99. The summed E-state index contributed by atoms with van der Waals surface area (Å²) >= 11 is 0. The molecular formula is C19H23NO2. The van der Waals surface area contributed by atoms with Gasteiger partial charge in [0.05, 0.1) is 13.5 Å². The van der Waals surface area contributed by atoms with E-state index in [4.69, 9.17) is 4.74 Å². The summed E-state index contributed by atoms with van der Waals surface area (Å²) in [6.07, 6.45) is 1.35. The topological polar surface area (TPSA) is 38.3 Å². The Morgan fingerprint density at radius 2 is 1.77 bits per heavy atom. The van der Waals surface area contributed by atoms with Gasteiger partial charge in [-0.1, -0.05) is 49.4 Å². The molecule has 22 heavy (non-hydrogen) atoms. The Hall–Kier alpha value is -2.29. The molecule has 0 heterocycles. The first kappa shape index (κ1) is 16.1. The molecule has 0 radical (unpaired) electrons. The molecule has 0 bridgehead atoms. The van der Waals surface area contributed by atoms with Gasteiger partial charge >= 0.3 is 0 Å². The average Bonchev–Trinajstić information content (AvgIpc) is 2.56. The Morgan fingerprint density at radius 1 is 1.09 bits per heavy atom. The Bertz CT molecular complexity index is 578. The Morgan fingerprint density at radius 3 is 2.41 bits per heavy atom. The summed E-state index contributed by atoms with van der Waals surface area (Å²) in [5.41, 5.74) is 2.31. The molecule has 1 N–H and O–H groups in total. The minimum absolute atomic E-state index is 0.0606. The van der Waals surface area contributed by atoms with E-state index in [0.717, 1.165) is 17.7 Å². The van der Waals surface area contributed by atoms with Crippen LogP contribution < -0.4 is 10.1 Å². The summed E-state index contributed by atoms with van der Waals surface area (Å²) < 4.78 is 5.11. The van der Waals surface area contributed by atoms with Gasteiger partial charge in [-0.2, -0.15) is 0 Å². The number of carbonyl (C=O) groups is 1. The second-order valence-corrected chi connectivity index (χ2v) is 5.48. The quantitative estimate of drug-likeness (QED) is 0.849. The molecule has 3 nitrogen and oxygen atoms in total. The first-order valence-electron chi connectivity index (χ1n) is 7.63. The predicted molar refractivity (Wildman–Crippen MR) is 89.2 cm³/mol. The molecule has 3 heteroatoms. The smallest absolute Gasteiger partial charge is 0.224 e. The van der Waals surface area contributed by atoms with Gasteiger partial charge in [-0.25, -0.2) is 0 Å². The molecule has 0 spiro atoms. The molecular weight excluding hydrogens is 274 g/mol. The molecule has 2 aromatic rings. The molecule has 0 aliphatic heterocycles. The molecule has 1 amide bonds. The van der Waals surface area contributed by atoms with E-state index in [1.165, 1.54) is 5.56 Å². The van der Waals surface area contributed by atoms with Crippen molar-refractivity contribution >= 4 is 5.91 Å². The Balaban J connectivity index is 1.73. The van der Waals surface area contributed by atoms with E-state index in [-0.39, 0.29) is 5.91 Å². The molecule has 1 unspecified atom stereocenters. The van der Waals surface area contributed by atoms with Crippen molar-refractivity contribution in [1.29, 1.82) is 0 Å². The minimum Gasteiger partial charge on any atom is -0.497 e. The van der Waals surface area contributed by atoms with Crippen LogP contribution in [0.5, 0.6) is 5.75 Å². The van der Waals surface area contributed by atoms with Crippen LogP contribution in [0.2, 0.25) is 0 Å². The number of amides is 1. The lowest BCUT2D eigenvalue weighted by Gasteiger charge is -2.12. The van der Waals surface area contributed by atoms with E-state index in [0.29, 0.717) is 18.9 Å². The highest BCUT2D eigenvalue weighted by Crippen LogP contribution is 2.17. The number of nitrogens with one attached hydrogen (secondary N) is 1. The molecule has 2 aromatic carbocycles. The Kier molecular flexibility index (Phi) is 6.01. The van der Waals surface area contributed by atoms with Gasteiger partial charge in [-0.15, -0.1) is 0 Å². The molecule has 0 saturated heterocycles. The van der Waals surface area contributed by atoms with Crippen LogP contribution in [-0.4, -0.2) is 19.6 Å². The van der Waals surface area contributed by atoms with E-state index in [1.54, 1.807) is 7.11 Å². The van der Waals surface area contributed by atoms with E-state index in [1.807, 2.05) is 42.5 Å². The maximum atomic E-state index is 11.9. The summed E-state index contributed by atoms with van der Waals surface area (Å²) in [5.74, 6) is 1.31. The third-order valence-corrected chi connectivity index (χ3v) is 3.79. The van der Waals surface area contributed by atoms with Gasteiger partial charge in [0.25, 0.3) is 0 Å². The number of ether oxygens (including phenoxy) is 1. The van der Waals surface area contributed by atoms with Gasteiger partial charge in [-0.3, -0.25) is 4.79 Å². The van der Waals surface area contributed by atoms with Gasteiger partial charge in [0.2, 0.25) is 5.91 Å². The van der Waals surface area contributed by atoms with Gasteiger partial charge in [-0.05, 0) is 35.6 Å². The molecule has 2 rings (SSSR count). The number of methoxy groups -OCH3 is 1. The molecule has 1 atom stereocenters. The first-order valence-corrected chi connectivity index (χ1v) is 7.63. The maximum absolute atomic E-state index is 11.9. The third kappa shape index (κ3) is 4.92. The van der Waals surface area contributed by atoms with Crippen molar-refractivity contribution < 1.29 is 9.53 Å². The van der Waals surface area contributed by atoms with Crippen molar-refractivity contribution in [3.63, 3.8) is 0 Å². The number of hydrogen-bond acceptors (Lipinski definition) is 2.